The van der Waals surface area contributed by atoms with E-state index in [0.717, 1.165) is 24.8 Å². The molecule has 17 heavy (non-hydrogen) atoms. The van der Waals surface area contributed by atoms with Crippen molar-refractivity contribution in [1.82, 2.24) is 5.32 Å². The highest BCUT2D eigenvalue weighted by Gasteiger charge is 2.27. The van der Waals surface area contributed by atoms with Gasteiger partial charge < -0.3 is 10.1 Å². The summed E-state index contributed by atoms with van der Waals surface area (Å²) in [5, 5.41) is 3.52. The standard InChI is InChI=1S/C15H23NO/c1-11-4-7-15(10-12(11)2)17-9-8-16-13(3)14-5-6-14/h4,7,10,13-14,16H,5-6,8-9H2,1-3H3. The van der Waals surface area contributed by atoms with Crippen LogP contribution in [0.4, 0.5) is 0 Å². The first-order chi connectivity index (χ1) is 8.16. The van der Waals surface area contributed by atoms with Crippen molar-refractivity contribution in [3.63, 3.8) is 0 Å². The van der Waals surface area contributed by atoms with E-state index < -0.39 is 0 Å². The van der Waals surface area contributed by atoms with E-state index in [4.69, 9.17) is 4.74 Å². The first kappa shape index (κ1) is 12.4. The molecule has 1 fully saturated rings. The fraction of sp³-hybridized carbons (Fsp3) is 0.600. The summed E-state index contributed by atoms with van der Waals surface area (Å²) in [5.74, 6) is 1.89. The molecule has 0 spiro atoms. The lowest BCUT2D eigenvalue weighted by molar-refractivity contribution is 0.303. The predicted molar refractivity (Wildman–Crippen MR) is 71.6 cm³/mol. The second kappa shape index (κ2) is 5.54. The summed E-state index contributed by atoms with van der Waals surface area (Å²) in [6.07, 6.45) is 2.79. The number of nitrogens with one attached hydrogen (secondary N) is 1. The monoisotopic (exact) mass is 233 g/mol. The topological polar surface area (TPSA) is 21.3 Å². The Kier molecular flexibility index (Phi) is 4.06. The van der Waals surface area contributed by atoms with Gasteiger partial charge in [-0.1, -0.05) is 6.07 Å². The number of hydrogen-bond acceptors (Lipinski definition) is 2. The summed E-state index contributed by atoms with van der Waals surface area (Å²) in [6.45, 7) is 8.20. The van der Waals surface area contributed by atoms with Crippen molar-refractivity contribution >= 4 is 0 Å². The van der Waals surface area contributed by atoms with Gasteiger partial charge in [-0.15, -0.1) is 0 Å². The van der Waals surface area contributed by atoms with E-state index in [-0.39, 0.29) is 0 Å². The van der Waals surface area contributed by atoms with Gasteiger partial charge in [0.15, 0.2) is 0 Å². The Morgan fingerprint density at radius 2 is 2.06 bits per heavy atom. The molecule has 0 radical (unpaired) electrons. The lowest BCUT2D eigenvalue weighted by Crippen LogP contribution is -2.31. The van der Waals surface area contributed by atoms with Crippen LogP contribution >= 0.6 is 0 Å². The highest BCUT2D eigenvalue weighted by molar-refractivity contribution is 5.33. The van der Waals surface area contributed by atoms with Crippen LogP contribution in [0.25, 0.3) is 0 Å². The molecule has 1 aromatic carbocycles. The lowest BCUT2D eigenvalue weighted by atomic mass is 10.1. The van der Waals surface area contributed by atoms with Gasteiger partial charge in [-0.05, 0) is 62.8 Å². The molecule has 2 heteroatoms. The number of benzene rings is 1. The normalized spacial score (nSPS) is 16.9. The zero-order valence-corrected chi connectivity index (χ0v) is 11.1. The molecule has 0 amide bonds. The van der Waals surface area contributed by atoms with Crippen LogP contribution in [0.2, 0.25) is 0 Å². The molecule has 2 rings (SSSR count). The van der Waals surface area contributed by atoms with Gasteiger partial charge in [0.2, 0.25) is 0 Å². The summed E-state index contributed by atoms with van der Waals surface area (Å²) < 4.78 is 5.73. The molecule has 1 aliphatic carbocycles. The maximum absolute atomic E-state index is 5.73. The highest BCUT2D eigenvalue weighted by atomic mass is 16.5. The summed E-state index contributed by atoms with van der Waals surface area (Å²) in [6, 6.07) is 6.93. The van der Waals surface area contributed by atoms with Gasteiger partial charge in [0, 0.05) is 12.6 Å². The van der Waals surface area contributed by atoms with Crippen molar-refractivity contribution in [3.8, 4) is 5.75 Å². The molecular formula is C15H23NO. The van der Waals surface area contributed by atoms with Gasteiger partial charge in [0.1, 0.15) is 12.4 Å². The van der Waals surface area contributed by atoms with E-state index in [0.29, 0.717) is 6.04 Å². The van der Waals surface area contributed by atoms with Crippen LogP contribution < -0.4 is 10.1 Å². The largest absolute Gasteiger partial charge is 0.492 e. The van der Waals surface area contributed by atoms with Crippen LogP contribution in [-0.4, -0.2) is 19.2 Å². The van der Waals surface area contributed by atoms with Crippen molar-refractivity contribution in [2.75, 3.05) is 13.2 Å². The Bertz CT molecular complexity index is 371. The minimum Gasteiger partial charge on any atom is -0.492 e. The molecule has 0 bridgehead atoms. The molecule has 1 saturated carbocycles. The maximum atomic E-state index is 5.73. The fourth-order valence-corrected chi connectivity index (χ4v) is 2.02. The first-order valence-electron chi connectivity index (χ1n) is 6.60. The van der Waals surface area contributed by atoms with E-state index in [9.17, 15) is 0 Å². The van der Waals surface area contributed by atoms with E-state index in [1.807, 2.05) is 6.07 Å². The van der Waals surface area contributed by atoms with Crippen LogP contribution in [0, 0.1) is 19.8 Å². The maximum Gasteiger partial charge on any atom is 0.119 e. The Morgan fingerprint density at radius 3 is 2.71 bits per heavy atom. The second-order valence-corrected chi connectivity index (χ2v) is 5.17. The molecular weight excluding hydrogens is 210 g/mol. The molecule has 1 unspecified atom stereocenters. The van der Waals surface area contributed by atoms with Gasteiger partial charge in [0.05, 0.1) is 0 Å². The average Bonchev–Trinajstić information content (AvgIpc) is 3.13. The highest BCUT2D eigenvalue weighted by Crippen LogP contribution is 2.32. The molecule has 1 aromatic rings. The van der Waals surface area contributed by atoms with Gasteiger partial charge >= 0.3 is 0 Å². The Hall–Kier alpha value is -1.02. The van der Waals surface area contributed by atoms with Crippen LogP contribution in [0.5, 0.6) is 5.75 Å². The molecule has 0 aromatic heterocycles. The smallest absolute Gasteiger partial charge is 0.119 e. The van der Waals surface area contributed by atoms with Gasteiger partial charge in [0.25, 0.3) is 0 Å². The van der Waals surface area contributed by atoms with E-state index in [1.54, 1.807) is 0 Å². The fourth-order valence-electron chi connectivity index (χ4n) is 2.02. The van der Waals surface area contributed by atoms with Gasteiger partial charge in [-0.25, -0.2) is 0 Å². The molecule has 1 N–H and O–H groups in total. The molecule has 2 nitrogen and oxygen atoms in total. The third-order valence-corrected chi connectivity index (χ3v) is 3.64. The van der Waals surface area contributed by atoms with E-state index in [1.165, 1.54) is 24.0 Å². The summed E-state index contributed by atoms with van der Waals surface area (Å²) >= 11 is 0. The van der Waals surface area contributed by atoms with Crippen LogP contribution in [0.1, 0.15) is 30.9 Å². The quantitative estimate of drug-likeness (QED) is 0.762. The second-order valence-electron chi connectivity index (χ2n) is 5.17. The Morgan fingerprint density at radius 1 is 1.29 bits per heavy atom. The average molecular weight is 233 g/mol. The number of ether oxygens (including phenoxy) is 1. The molecule has 1 atom stereocenters. The Labute approximate surface area is 104 Å². The molecule has 0 saturated heterocycles. The van der Waals surface area contributed by atoms with E-state index in [2.05, 4.69) is 38.2 Å². The van der Waals surface area contributed by atoms with Crippen molar-refractivity contribution in [1.29, 1.82) is 0 Å². The van der Waals surface area contributed by atoms with Crippen LogP contribution in [-0.2, 0) is 0 Å². The molecule has 0 heterocycles. The Balaban J connectivity index is 1.68. The molecule has 1 aliphatic rings. The lowest BCUT2D eigenvalue weighted by Gasteiger charge is -2.13. The van der Waals surface area contributed by atoms with Gasteiger partial charge in [-0.2, -0.15) is 0 Å². The van der Waals surface area contributed by atoms with Crippen molar-refractivity contribution < 1.29 is 4.74 Å². The van der Waals surface area contributed by atoms with Crippen molar-refractivity contribution in [3.05, 3.63) is 29.3 Å². The minimum absolute atomic E-state index is 0.651. The molecule has 94 valence electrons. The number of aryl methyl sites for hydroxylation is 2. The van der Waals surface area contributed by atoms with Gasteiger partial charge in [-0.3, -0.25) is 0 Å². The predicted octanol–water partition coefficient (Wildman–Crippen LogP) is 3.07. The SMILES string of the molecule is Cc1ccc(OCCNC(C)C2CC2)cc1C. The molecule has 0 aliphatic heterocycles. The number of hydrogen-bond donors (Lipinski definition) is 1. The van der Waals surface area contributed by atoms with Crippen molar-refractivity contribution in [2.24, 2.45) is 5.92 Å². The first-order valence-corrected chi connectivity index (χ1v) is 6.60. The van der Waals surface area contributed by atoms with Crippen LogP contribution in [0.3, 0.4) is 0 Å². The summed E-state index contributed by atoms with van der Waals surface area (Å²) in [5.41, 5.74) is 2.61. The summed E-state index contributed by atoms with van der Waals surface area (Å²) in [7, 11) is 0. The summed E-state index contributed by atoms with van der Waals surface area (Å²) in [4.78, 5) is 0. The van der Waals surface area contributed by atoms with E-state index >= 15 is 0 Å². The zero-order valence-electron chi connectivity index (χ0n) is 11.1. The van der Waals surface area contributed by atoms with Crippen molar-refractivity contribution in [2.45, 2.75) is 39.7 Å². The minimum atomic E-state index is 0.651. The zero-order chi connectivity index (χ0) is 12.3. The third kappa shape index (κ3) is 3.74. The van der Waals surface area contributed by atoms with Crippen LogP contribution in [0.15, 0.2) is 18.2 Å². The third-order valence-electron chi connectivity index (χ3n) is 3.64. The number of rotatable bonds is 6.